The van der Waals surface area contributed by atoms with E-state index in [4.69, 9.17) is 11.6 Å². The minimum atomic E-state index is -0.577. The van der Waals surface area contributed by atoms with Crippen LogP contribution in [0.4, 0.5) is 4.39 Å². The van der Waals surface area contributed by atoms with Gasteiger partial charge in [0.2, 0.25) is 0 Å². The molecule has 2 aromatic rings. The molecule has 0 aliphatic carbocycles. The number of hydrogen-bond acceptors (Lipinski definition) is 2. The van der Waals surface area contributed by atoms with E-state index in [1.807, 2.05) is 24.3 Å². The Balaban J connectivity index is 2.29. The summed E-state index contributed by atoms with van der Waals surface area (Å²) in [5, 5.41) is -0.577. The van der Waals surface area contributed by atoms with Crippen LogP contribution in [0.2, 0.25) is 0 Å². The van der Waals surface area contributed by atoms with Gasteiger partial charge >= 0.3 is 0 Å². The molecule has 0 atom stereocenters. The number of rotatable bonds is 4. The van der Waals surface area contributed by atoms with Gasteiger partial charge in [-0.05, 0) is 53.4 Å². The Hall–Kier alpha value is -1.32. The summed E-state index contributed by atoms with van der Waals surface area (Å²) in [5.74, 6) is 0.0798. The summed E-state index contributed by atoms with van der Waals surface area (Å²) in [6.07, 6.45) is 0. The highest BCUT2D eigenvalue weighted by molar-refractivity contribution is 7.99. The molecule has 0 spiro atoms. The van der Waals surface area contributed by atoms with E-state index in [1.165, 1.54) is 35.5 Å². The van der Waals surface area contributed by atoms with Crippen LogP contribution in [-0.4, -0.2) is 5.24 Å². The van der Waals surface area contributed by atoms with Gasteiger partial charge in [-0.1, -0.05) is 37.7 Å². The molecule has 0 saturated carbocycles. The Kier molecular flexibility index (Phi) is 4.84. The SMILES string of the molecule is CC(C)c1ccc(Sc2cc(F)ccc2C(=O)Cl)cc1. The van der Waals surface area contributed by atoms with Crippen LogP contribution in [0.15, 0.2) is 52.3 Å². The highest BCUT2D eigenvalue weighted by Crippen LogP contribution is 2.32. The third-order valence-corrected chi connectivity index (χ3v) is 4.20. The second kappa shape index (κ2) is 6.42. The quantitative estimate of drug-likeness (QED) is 0.696. The Labute approximate surface area is 127 Å². The van der Waals surface area contributed by atoms with Crippen LogP contribution >= 0.6 is 23.4 Å². The first-order valence-corrected chi connectivity index (χ1v) is 7.44. The minimum absolute atomic E-state index is 0.325. The molecule has 0 radical (unpaired) electrons. The Morgan fingerprint density at radius 2 is 1.80 bits per heavy atom. The van der Waals surface area contributed by atoms with E-state index in [1.54, 1.807) is 0 Å². The van der Waals surface area contributed by atoms with Crippen LogP contribution in [0.1, 0.15) is 35.7 Å². The second-order valence-electron chi connectivity index (χ2n) is 4.74. The monoisotopic (exact) mass is 308 g/mol. The van der Waals surface area contributed by atoms with Gasteiger partial charge in [0.15, 0.2) is 0 Å². The highest BCUT2D eigenvalue weighted by Gasteiger charge is 2.11. The summed E-state index contributed by atoms with van der Waals surface area (Å²) in [6.45, 7) is 4.25. The van der Waals surface area contributed by atoms with Crippen LogP contribution in [0.5, 0.6) is 0 Å². The fourth-order valence-corrected chi connectivity index (χ4v) is 2.98. The van der Waals surface area contributed by atoms with Crippen LogP contribution in [0.3, 0.4) is 0 Å². The largest absolute Gasteiger partial charge is 0.276 e. The van der Waals surface area contributed by atoms with Crippen molar-refractivity contribution in [3.8, 4) is 0 Å². The zero-order chi connectivity index (χ0) is 14.7. The molecule has 20 heavy (non-hydrogen) atoms. The van der Waals surface area contributed by atoms with Crippen molar-refractivity contribution in [1.29, 1.82) is 0 Å². The van der Waals surface area contributed by atoms with Gasteiger partial charge in [0, 0.05) is 15.4 Å². The molecule has 4 heteroatoms. The van der Waals surface area contributed by atoms with Crippen molar-refractivity contribution in [3.05, 3.63) is 59.4 Å². The lowest BCUT2D eigenvalue weighted by Gasteiger charge is -2.08. The predicted octanol–water partition coefficient (Wildman–Crippen LogP) is 5.48. The zero-order valence-corrected chi connectivity index (χ0v) is 12.8. The molecule has 0 amide bonds. The number of carbonyl (C=O) groups excluding carboxylic acids is 1. The minimum Gasteiger partial charge on any atom is -0.276 e. The standard InChI is InChI=1S/C16H14ClFOS/c1-10(2)11-3-6-13(7-4-11)20-15-9-12(18)5-8-14(15)16(17)19/h3-10H,1-2H3. The molecule has 0 N–H and O–H groups in total. The lowest BCUT2D eigenvalue weighted by Crippen LogP contribution is -1.93. The first-order valence-electron chi connectivity index (χ1n) is 6.24. The summed E-state index contributed by atoms with van der Waals surface area (Å²) in [5.41, 5.74) is 1.56. The highest BCUT2D eigenvalue weighted by atomic mass is 35.5. The number of carbonyl (C=O) groups is 1. The van der Waals surface area contributed by atoms with E-state index in [2.05, 4.69) is 13.8 Å². The van der Waals surface area contributed by atoms with Gasteiger partial charge in [0.25, 0.3) is 5.24 Å². The average Bonchev–Trinajstić information content (AvgIpc) is 2.39. The van der Waals surface area contributed by atoms with E-state index >= 15 is 0 Å². The van der Waals surface area contributed by atoms with Gasteiger partial charge in [0.05, 0.1) is 0 Å². The fraction of sp³-hybridized carbons (Fsp3) is 0.188. The number of benzene rings is 2. The van der Waals surface area contributed by atoms with Crippen LogP contribution in [0, 0.1) is 5.82 Å². The molecule has 2 rings (SSSR count). The van der Waals surface area contributed by atoms with E-state index in [-0.39, 0.29) is 5.82 Å². The molecule has 1 nitrogen and oxygen atoms in total. The molecule has 0 bridgehead atoms. The van der Waals surface area contributed by atoms with E-state index < -0.39 is 5.24 Å². The Morgan fingerprint density at radius 1 is 1.15 bits per heavy atom. The van der Waals surface area contributed by atoms with E-state index in [9.17, 15) is 9.18 Å². The lowest BCUT2D eigenvalue weighted by atomic mass is 10.0. The number of halogens is 2. The first-order chi connectivity index (χ1) is 9.47. The van der Waals surface area contributed by atoms with Crippen molar-refractivity contribution in [1.82, 2.24) is 0 Å². The van der Waals surface area contributed by atoms with Gasteiger partial charge in [-0.2, -0.15) is 0 Å². The third kappa shape index (κ3) is 3.62. The van der Waals surface area contributed by atoms with Crippen molar-refractivity contribution in [2.45, 2.75) is 29.6 Å². The van der Waals surface area contributed by atoms with Crippen LogP contribution in [0.25, 0.3) is 0 Å². The lowest BCUT2D eigenvalue weighted by molar-refractivity contribution is 0.107. The maximum Gasteiger partial charge on any atom is 0.253 e. The van der Waals surface area contributed by atoms with Crippen LogP contribution < -0.4 is 0 Å². The predicted molar refractivity (Wildman–Crippen MR) is 81.2 cm³/mol. The fourth-order valence-electron chi connectivity index (χ4n) is 1.79. The van der Waals surface area contributed by atoms with Crippen molar-refractivity contribution in [2.75, 3.05) is 0 Å². The van der Waals surface area contributed by atoms with Gasteiger partial charge in [0.1, 0.15) is 5.82 Å². The second-order valence-corrected chi connectivity index (χ2v) is 6.20. The molecule has 0 fully saturated rings. The molecule has 0 unspecified atom stereocenters. The zero-order valence-electron chi connectivity index (χ0n) is 11.2. The average molecular weight is 309 g/mol. The van der Waals surface area contributed by atoms with Crippen LogP contribution in [-0.2, 0) is 0 Å². The summed E-state index contributed by atoms with van der Waals surface area (Å²) in [6, 6.07) is 12.0. The summed E-state index contributed by atoms with van der Waals surface area (Å²) >= 11 is 6.85. The van der Waals surface area contributed by atoms with Crippen molar-refractivity contribution < 1.29 is 9.18 Å². The van der Waals surface area contributed by atoms with Gasteiger partial charge in [-0.15, -0.1) is 0 Å². The molecule has 0 aliphatic rings. The topological polar surface area (TPSA) is 17.1 Å². The molecule has 0 heterocycles. The Bertz CT molecular complexity index is 623. The third-order valence-electron chi connectivity index (χ3n) is 2.93. The molecule has 2 aromatic carbocycles. The normalized spacial score (nSPS) is 10.8. The van der Waals surface area contributed by atoms with Gasteiger partial charge in [-0.25, -0.2) is 4.39 Å². The maximum atomic E-state index is 13.3. The smallest absolute Gasteiger partial charge is 0.253 e. The van der Waals surface area contributed by atoms with E-state index in [0.717, 1.165) is 4.90 Å². The summed E-state index contributed by atoms with van der Waals surface area (Å²) in [7, 11) is 0. The van der Waals surface area contributed by atoms with E-state index in [0.29, 0.717) is 16.4 Å². The molecule has 0 saturated heterocycles. The van der Waals surface area contributed by atoms with Gasteiger partial charge < -0.3 is 0 Å². The van der Waals surface area contributed by atoms with Crippen molar-refractivity contribution in [3.63, 3.8) is 0 Å². The summed E-state index contributed by atoms with van der Waals surface area (Å²) in [4.78, 5) is 12.8. The van der Waals surface area contributed by atoms with Crippen molar-refractivity contribution in [2.24, 2.45) is 0 Å². The number of hydrogen-bond donors (Lipinski definition) is 0. The molecule has 104 valence electrons. The molecular weight excluding hydrogens is 295 g/mol. The maximum absolute atomic E-state index is 13.3. The van der Waals surface area contributed by atoms with Gasteiger partial charge in [-0.3, -0.25) is 4.79 Å². The Morgan fingerprint density at radius 3 is 2.35 bits per heavy atom. The van der Waals surface area contributed by atoms with Crippen molar-refractivity contribution >= 4 is 28.6 Å². The molecule has 0 aliphatic heterocycles. The first kappa shape index (κ1) is 15.1. The molecule has 0 aromatic heterocycles. The molecular formula is C16H14ClFOS. The summed E-state index contributed by atoms with van der Waals surface area (Å²) < 4.78 is 13.3.